The van der Waals surface area contributed by atoms with Crippen LogP contribution in [0.5, 0.6) is 0 Å². The SMILES string of the molecule is C=C(/C=C\C(=C/C)OCCc1nc(-c2cccs2)oc1C)CN1CSC[C@H]1C(=O)O. The van der Waals surface area contributed by atoms with Crippen LogP contribution in [0, 0.1) is 6.92 Å². The van der Waals surface area contributed by atoms with Gasteiger partial charge in [0.25, 0.3) is 0 Å². The summed E-state index contributed by atoms with van der Waals surface area (Å²) < 4.78 is 11.6. The molecule has 0 radical (unpaired) electrons. The van der Waals surface area contributed by atoms with E-state index in [-0.39, 0.29) is 0 Å². The highest BCUT2D eigenvalue weighted by Crippen LogP contribution is 2.26. The summed E-state index contributed by atoms with van der Waals surface area (Å²) in [7, 11) is 0. The largest absolute Gasteiger partial charge is 0.494 e. The number of hydrogen-bond donors (Lipinski definition) is 1. The van der Waals surface area contributed by atoms with Crippen LogP contribution in [-0.2, 0) is 16.0 Å². The van der Waals surface area contributed by atoms with Gasteiger partial charge in [-0.15, -0.1) is 23.1 Å². The summed E-state index contributed by atoms with van der Waals surface area (Å²) in [6.45, 7) is 8.89. The van der Waals surface area contributed by atoms with Gasteiger partial charge in [-0.2, -0.15) is 0 Å². The Hall–Kier alpha value is -2.29. The van der Waals surface area contributed by atoms with Crippen molar-refractivity contribution in [2.75, 3.05) is 24.8 Å². The number of nitrogens with zero attached hydrogens (tertiary/aromatic N) is 2. The van der Waals surface area contributed by atoms with E-state index in [1.165, 1.54) is 0 Å². The fourth-order valence-electron chi connectivity index (χ4n) is 3.03. The summed E-state index contributed by atoms with van der Waals surface area (Å²) in [6.07, 6.45) is 6.29. The van der Waals surface area contributed by atoms with Gasteiger partial charge < -0.3 is 14.3 Å². The number of aliphatic carboxylic acids is 1. The summed E-state index contributed by atoms with van der Waals surface area (Å²) in [5.74, 6) is 2.75. The molecular formula is C22H26N2O4S2. The van der Waals surface area contributed by atoms with Gasteiger partial charge in [-0.25, -0.2) is 4.98 Å². The molecule has 0 bridgehead atoms. The first-order chi connectivity index (χ1) is 14.5. The fourth-order valence-corrected chi connectivity index (χ4v) is 4.87. The van der Waals surface area contributed by atoms with E-state index in [1.807, 2.05) is 54.5 Å². The van der Waals surface area contributed by atoms with Gasteiger partial charge in [-0.3, -0.25) is 9.69 Å². The van der Waals surface area contributed by atoms with Crippen LogP contribution in [0.1, 0.15) is 18.4 Å². The molecular weight excluding hydrogens is 420 g/mol. The Kier molecular flexibility index (Phi) is 7.95. The zero-order chi connectivity index (χ0) is 21.5. The minimum Gasteiger partial charge on any atom is -0.494 e. The Morgan fingerprint density at radius 3 is 3.03 bits per heavy atom. The van der Waals surface area contributed by atoms with Gasteiger partial charge in [0.1, 0.15) is 17.6 Å². The van der Waals surface area contributed by atoms with Crippen LogP contribution in [0.15, 0.2) is 58.1 Å². The summed E-state index contributed by atoms with van der Waals surface area (Å²) in [4.78, 5) is 18.8. The molecule has 0 saturated carbocycles. The minimum atomic E-state index is -0.778. The molecule has 1 aliphatic heterocycles. The maximum absolute atomic E-state index is 11.3. The highest BCUT2D eigenvalue weighted by Gasteiger charge is 2.30. The lowest BCUT2D eigenvalue weighted by molar-refractivity contribution is -0.141. The van der Waals surface area contributed by atoms with E-state index in [1.54, 1.807) is 23.1 Å². The van der Waals surface area contributed by atoms with Crippen molar-refractivity contribution in [2.24, 2.45) is 0 Å². The van der Waals surface area contributed by atoms with E-state index < -0.39 is 12.0 Å². The number of allylic oxidation sites excluding steroid dienone is 2. The van der Waals surface area contributed by atoms with Crippen molar-refractivity contribution in [2.45, 2.75) is 26.3 Å². The molecule has 0 unspecified atom stereocenters. The van der Waals surface area contributed by atoms with E-state index in [2.05, 4.69) is 11.6 Å². The number of carbonyl (C=O) groups is 1. The maximum Gasteiger partial charge on any atom is 0.321 e. The van der Waals surface area contributed by atoms with Crippen LogP contribution in [0.4, 0.5) is 0 Å². The highest BCUT2D eigenvalue weighted by atomic mass is 32.2. The van der Waals surface area contributed by atoms with Crippen LogP contribution in [0.3, 0.4) is 0 Å². The molecule has 0 spiro atoms. The first-order valence-electron chi connectivity index (χ1n) is 9.67. The molecule has 1 aliphatic rings. The van der Waals surface area contributed by atoms with Crippen molar-refractivity contribution in [1.29, 1.82) is 0 Å². The number of carboxylic acid groups (broad SMARTS) is 1. The average molecular weight is 447 g/mol. The van der Waals surface area contributed by atoms with Crippen LogP contribution >= 0.6 is 23.1 Å². The molecule has 1 saturated heterocycles. The van der Waals surface area contributed by atoms with Crippen LogP contribution in [-0.4, -0.2) is 51.8 Å². The van der Waals surface area contributed by atoms with E-state index >= 15 is 0 Å². The quantitative estimate of drug-likeness (QED) is 0.417. The predicted molar refractivity (Wildman–Crippen MR) is 122 cm³/mol. The third kappa shape index (κ3) is 5.87. The van der Waals surface area contributed by atoms with Crippen molar-refractivity contribution in [1.82, 2.24) is 9.88 Å². The zero-order valence-corrected chi connectivity index (χ0v) is 18.8. The van der Waals surface area contributed by atoms with Crippen molar-refractivity contribution in [3.05, 3.63) is 65.1 Å². The monoisotopic (exact) mass is 446 g/mol. The van der Waals surface area contributed by atoms with Crippen molar-refractivity contribution in [3.8, 4) is 10.8 Å². The van der Waals surface area contributed by atoms with E-state index in [4.69, 9.17) is 9.15 Å². The smallest absolute Gasteiger partial charge is 0.321 e. The zero-order valence-electron chi connectivity index (χ0n) is 17.2. The molecule has 160 valence electrons. The Balaban J connectivity index is 1.48. The molecule has 2 aromatic heterocycles. The summed E-state index contributed by atoms with van der Waals surface area (Å²) in [5.41, 5.74) is 1.74. The average Bonchev–Trinajstić information content (AvgIpc) is 3.46. The standard InChI is InChI=1S/C22H26N2O4S2/c1-4-17(8-7-15(2)12-24-14-29-13-19(24)22(25)26)27-10-9-18-16(3)28-21(23-18)20-6-5-11-30-20/h4-8,11,19H,2,9-10,12-14H2,1,3H3,(H,25,26)/b8-7-,17-4+/t19-/m0/s1. The number of ether oxygens (including phenoxy) is 1. The van der Waals surface area contributed by atoms with Crippen LogP contribution < -0.4 is 0 Å². The second-order valence-electron chi connectivity index (χ2n) is 6.88. The van der Waals surface area contributed by atoms with Gasteiger partial charge >= 0.3 is 5.97 Å². The summed E-state index contributed by atoms with van der Waals surface area (Å²) in [5, 5.41) is 11.3. The second-order valence-corrected chi connectivity index (χ2v) is 8.83. The minimum absolute atomic E-state index is 0.442. The number of aromatic nitrogens is 1. The molecule has 3 heterocycles. The lowest BCUT2D eigenvalue weighted by Crippen LogP contribution is -2.38. The highest BCUT2D eigenvalue weighted by molar-refractivity contribution is 7.99. The Bertz CT molecular complexity index is 931. The Morgan fingerprint density at radius 2 is 2.33 bits per heavy atom. The molecule has 2 aromatic rings. The van der Waals surface area contributed by atoms with E-state index in [0.717, 1.165) is 27.7 Å². The lowest BCUT2D eigenvalue weighted by atomic mass is 10.2. The number of rotatable bonds is 10. The Morgan fingerprint density at radius 1 is 1.50 bits per heavy atom. The van der Waals surface area contributed by atoms with Gasteiger partial charge in [0, 0.05) is 24.6 Å². The van der Waals surface area contributed by atoms with Crippen molar-refractivity contribution < 1.29 is 19.1 Å². The number of carboxylic acids is 1. The molecule has 1 atom stereocenters. The number of thiophene rings is 1. The fraction of sp³-hybridized carbons (Fsp3) is 0.364. The van der Waals surface area contributed by atoms with Gasteiger partial charge in [-0.05, 0) is 43.0 Å². The van der Waals surface area contributed by atoms with Gasteiger partial charge in [0.2, 0.25) is 5.89 Å². The number of thioether (sulfide) groups is 1. The van der Waals surface area contributed by atoms with E-state index in [0.29, 0.717) is 37.1 Å². The second kappa shape index (κ2) is 10.7. The summed E-state index contributed by atoms with van der Waals surface area (Å²) >= 11 is 3.23. The molecule has 0 aliphatic carbocycles. The first-order valence-corrected chi connectivity index (χ1v) is 11.7. The third-order valence-electron chi connectivity index (χ3n) is 4.66. The van der Waals surface area contributed by atoms with Crippen molar-refractivity contribution in [3.63, 3.8) is 0 Å². The van der Waals surface area contributed by atoms with E-state index in [9.17, 15) is 9.90 Å². The molecule has 0 amide bonds. The van der Waals surface area contributed by atoms with Crippen molar-refractivity contribution >= 4 is 29.1 Å². The topological polar surface area (TPSA) is 75.8 Å². The summed E-state index contributed by atoms with van der Waals surface area (Å²) in [6, 6.07) is 3.53. The normalized spacial score (nSPS) is 17.7. The third-order valence-corrected chi connectivity index (χ3v) is 6.59. The number of hydrogen-bond acceptors (Lipinski definition) is 7. The molecule has 3 rings (SSSR count). The molecule has 6 nitrogen and oxygen atoms in total. The number of aryl methyl sites for hydroxylation is 1. The Labute approximate surface area is 184 Å². The predicted octanol–water partition coefficient (Wildman–Crippen LogP) is 4.75. The first kappa shape index (κ1) is 22.4. The van der Waals surface area contributed by atoms with Gasteiger partial charge in [0.15, 0.2) is 0 Å². The lowest BCUT2D eigenvalue weighted by Gasteiger charge is -2.20. The molecule has 1 fully saturated rings. The van der Waals surface area contributed by atoms with Crippen LogP contribution in [0.25, 0.3) is 10.8 Å². The van der Waals surface area contributed by atoms with Crippen LogP contribution in [0.2, 0.25) is 0 Å². The maximum atomic E-state index is 11.3. The number of oxazole rings is 1. The molecule has 1 N–H and O–H groups in total. The van der Waals surface area contributed by atoms with Gasteiger partial charge in [-0.1, -0.05) is 18.7 Å². The molecule has 0 aromatic carbocycles. The van der Waals surface area contributed by atoms with Gasteiger partial charge in [0.05, 0.1) is 17.2 Å². The molecule has 8 heteroatoms. The molecule has 30 heavy (non-hydrogen) atoms.